The molecule has 0 spiro atoms. The van der Waals surface area contributed by atoms with Gasteiger partial charge in [0.1, 0.15) is 11.6 Å². The second-order valence-electron chi connectivity index (χ2n) is 4.70. The van der Waals surface area contributed by atoms with E-state index in [1.54, 1.807) is 24.3 Å². The first-order valence-electron chi connectivity index (χ1n) is 5.83. The van der Waals surface area contributed by atoms with Gasteiger partial charge in [0, 0.05) is 5.41 Å². The highest BCUT2D eigenvalue weighted by Gasteiger charge is 2.50. The van der Waals surface area contributed by atoms with Crippen LogP contribution in [0.5, 0.6) is 0 Å². The Morgan fingerprint density at radius 3 is 1.39 bits per heavy atom. The fourth-order valence-electron chi connectivity index (χ4n) is 2.52. The Morgan fingerprint density at radius 1 is 0.778 bits per heavy atom. The average molecular weight is 242 g/mol. The largest absolute Gasteiger partial charge is 0.207 e. The minimum Gasteiger partial charge on any atom is -0.207 e. The van der Waals surface area contributed by atoms with Crippen molar-refractivity contribution in [1.29, 1.82) is 0 Å². The molecule has 1 saturated carbocycles. The lowest BCUT2D eigenvalue weighted by molar-refractivity contribution is 0.625. The van der Waals surface area contributed by atoms with E-state index in [2.05, 4.69) is 6.58 Å². The van der Waals surface area contributed by atoms with Gasteiger partial charge in [0.15, 0.2) is 0 Å². The molecule has 0 N–H and O–H groups in total. The summed E-state index contributed by atoms with van der Waals surface area (Å²) in [5.41, 5.74) is 2.86. The smallest absolute Gasteiger partial charge is 0.123 e. The number of benzene rings is 2. The van der Waals surface area contributed by atoms with Gasteiger partial charge in [-0.25, -0.2) is 8.78 Å². The quantitative estimate of drug-likeness (QED) is 0.692. The molecule has 0 aromatic heterocycles. The number of hydrogen-bond acceptors (Lipinski definition) is 0. The van der Waals surface area contributed by atoms with Crippen LogP contribution >= 0.6 is 0 Å². The van der Waals surface area contributed by atoms with Crippen LogP contribution < -0.4 is 0 Å². The molecule has 0 radical (unpaired) electrons. The van der Waals surface area contributed by atoms with Crippen molar-refractivity contribution >= 4 is 0 Å². The molecule has 2 aromatic carbocycles. The van der Waals surface area contributed by atoms with Gasteiger partial charge in [0.05, 0.1) is 0 Å². The van der Waals surface area contributed by atoms with E-state index in [1.165, 1.54) is 24.3 Å². The maximum Gasteiger partial charge on any atom is 0.123 e. The fourth-order valence-corrected chi connectivity index (χ4v) is 2.52. The van der Waals surface area contributed by atoms with E-state index < -0.39 is 0 Å². The minimum absolute atomic E-state index is 0.249. The molecule has 2 heteroatoms. The first-order valence-corrected chi connectivity index (χ1v) is 5.83. The lowest BCUT2D eigenvalue weighted by atomic mass is 9.87. The minimum atomic E-state index is -0.251. The Labute approximate surface area is 105 Å². The zero-order valence-electron chi connectivity index (χ0n) is 9.79. The van der Waals surface area contributed by atoms with Crippen LogP contribution in [0.4, 0.5) is 8.78 Å². The summed E-state index contributed by atoms with van der Waals surface area (Å²) in [6.07, 6.45) is 0.838. The Bertz CT molecular complexity index is 548. The molecule has 0 unspecified atom stereocenters. The van der Waals surface area contributed by atoms with Crippen LogP contribution in [-0.2, 0) is 5.41 Å². The molecule has 0 nitrogen and oxygen atoms in total. The first-order chi connectivity index (χ1) is 8.63. The molecule has 3 rings (SSSR count). The van der Waals surface area contributed by atoms with Gasteiger partial charge in [-0.1, -0.05) is 36.4 Å². The highest BCUT2D eigenvalue weighted by atomic mass is 19.1. The molecule has 18 heavy (non-hydrogen) atoms. The van der Waals surface area contributed by atoms with Gasteiger partial charge in [-0.2, -0.15) is 0 Å². The maximum atomic E-state index is 13.0. The van der Waals surface area contributed by atoms with E-state index >= 15 is 0 Å². The maximum absolute atomic E-state index is 13.0. The van der Waals surface area contributed by atoms with E-state index in [0.717, 1.165) is 23.1 Å². The zero-order chi connectivity index (χ0) is 12.8. The molecule has 0 aliphatic heterocycles. The number of allylic oxidation sites excluding steroid dienone is 1. The van der Waals surface area contributed by atoms with Crippen LogP contribution in [0.25, 0.3) is 0 Å². The molecule has 0 bridgehead atoms. The summed E-state index contributed by atoms with van der Waals surface area (Å²) in [6, 6.07) is 12.9. The van der Waals surface area contributed by atoms with E-state index in [9.17, 15) is 8.78 Å². The van der Waals surface area contributed by atoms with Gasteiger partial charge < -0.3 is 0 Å². The summed E-state index contributed by atoms with van der Waals surface area (Å²) < 4.78 is 26.0. The van der Waals surface area contributed by atoms with E-state index in [1.807, 2.05) is 0 Å². The normalized spacial score (nSPS) is 16.7. The fraction of sp³-hybridized carbons (Fsp3) is 0.125. The molecule has 0 saturated heterocycles. The predicted molar refractivity (Wildman–Crippen MR) is 67.3 cm³/mol. The van der Waals surface area contributed by atoms with Crippen LogP contribution in [0.15, 0.2) is 60.7 Å². The summed E-state index contributed by atoms with van der Waals surface area (Å²) in [5, 5.41) is 0. The standard InChI is InChI=1S/C16H12F2/c1-11-10-16(11,12-2-6-14(17)7-3-12)13-4-8-15(18)9-5-13/h2-9H,1,10H2. The van der Waals surface area contributed by atoms with Gasteiger partial charge in [0.25, 0.3) is 0 Å². The van der Waals surface area contributed by atoms with Crippen molar-refractivity contribution in [2.45, 2.75) is 11.8 Å². The molecule has 0 amide bonds. The molecular formula is C16H12F2. The van der Waals surface area contributed by atoms with Crippen molar-refractivity contribution < 1.29 is 8.78 Å². The number of rotatable bonds is 2. The molecule has 90 valence electrons. The summed E-state index contributed by atoms with van der Waals surface area (Å²) in [7, 11) is 0. The van der Waals surface area contributed by atoms with E-state index in [4.69, 9.17) is 0 Å². The van der Waals surface area contributed by atoms with Gasteiger partial charge in [-0.3, -0.25) is 0 Å². The molecule has 1 aliphatic carbocycles. The van der Waals surface area contributed by atoms with Crippen molar-refractivity contribution in [1.82, 2.24) is 0 Å². The van der Waals surface area contributed by atoms with Crippen molar-refractivity contribution in [3.8, 4) is 0 Å². The third-order valence-corrected chi connectivity index (χ3v) is 3.63. The van der Waals surface area contributed by atoms with Crippen molar-refractivity contribution in [3.63, 3.8) is 0 Å². The average Bonchev–Trinajstić information content (AvgIpc) is 3.04. The topological polar surface area (TPSA) is 0 Å². The van der Waals surface area contributed by atoms with Crippen molar-refractivity contribution in [2.24, 2.45) is 0 Å². The van der Waals surface area contributed by atoms with Crippen LogP contribution in [-0.4, -0.2) is 0 Å². The molecule has 0 heterocycles. The molecule has 1 aliphatic rings. The van der Waals surface area contributed by atoms with Crippen LogP contribution in [0, 0.1) is 11.6 Å². The number of halogens is 2. The highest BCUT2D eigenvalue weighted by molar-refractivity contribution is 5.58. The molecule has 1 fully saturated rings. The van der Waals surface area contributed by atoms with E-state index in [-0.39, 0.29) is 17.0 Å². The Hall–Kier alpha value is -1.96. The van der Waals surface area contributed by atoms with Gasteiger partial charge in [-0.05, 0) is 41.8 Å². The van der Waals surface area contributed by atoms with Gasteiger partial charge in [0.2, 0.25) is 0 Å². The lowest BCUT2D eigenvalue weighted by Crippen LogP contribution is -2.09. The Balaban J connectivity index is 2.08. The van der Waals surface area contributed by atoms with Crippen molar-refractivity contribution in [3.05, 3.63) is 83.4 Å². The van der Waals surface area contributed by atoms with Crippen LogP contribution in [0.1, 0.15) is 17.5 Å². The SMILES string of the molecule is C=C1CC1(c1ccc(F)cc1)c1ccc(F)cc1. The summed E-state index contributed by atoms with van der Waals surface area (Å²) >= 11 is 0. The third kappa shape index (κ3) is 1.57. The summed E-state index contributed by atoms with van der Waals surface area (Å²) in [4.78, 5) is 0. The highest BCUT2D eigenvalue weighted by Crippen LogP contribution is 2.57. The van der Waals surface area contributed by atoms with Gasteiger partial charge >= 0.3 is 0 Å². The van der Waals surface area contributed by atoms with Crippen LogP contribution in [0.2, 0.25) is 0 Å². The Morgan fingerprint density at radius 2 is 1.11 bits per heavy atom. The monoisotopic (exact) mass is 242 g/mol. The van der Waals surface area contributed by atoms with Crippen LogP contribution in [0.3, 0.4) is 0 Å². The van der Waals surface area contributed by atoms with E-state index in [0.29, 0.717) is 0 Å². The third-order valence-electron chi connectivity index (χ3n) is 3.63. The molecule has 2 aromatic rings. The first kappa shape index (κ1) is 11.1. The second-order valence-corrected chi connectivity index (χ2v) is 4.70. The second kappa shape index (κ2) is 3.77. The van der Waals surface area contributed by atoms with Crippen molar-refractivity contribution in [2.75, 3.05) is 0 Å². The molecular weight excluding hydrogens is 230 g/mol. The van der Waals surface area contributed by atoms with Gasteiger partial charge in [-0.15, -0.1) is 0 Å². The zero-order valence-corrected chi connectivity index (χ0v) is 9.79. The summed E-state index contributed by atoms with van der Waals surface area (Å²) in [6.45, 7) is 4.03. The lowest BCUT2D eigenvalue weighted by Gasteiger charge is -2.16. The molecule has 0 atom stereocenters. The predicted octanol–water partition coefficient (Wildman–Crippen LogP) is 4.21. The Kier molecular flexibility index (Phi) is 2.34. The number of hydrogen-bond donors (Lipinski definition) is 0. The summed E-state index contributed by atoms with van der Waals surface area (Å²) in [5.74, 6) is -0.501.